The molecule has 0 aromatic carbocycles. The zero-order valence-electron chi connectivity index (χ0n) is 10.1. The summed E-state index contributed by atoms with van der Waals surface area (Å²) in [6.45, 7) is -0.0967. The minimum atomic E-state index is -4.57. The SMILES string of the molecule is NC1(C(=O)O)CCN(c2ncc(Br)cc2C(F)(F)F)C1. The molecule has 0 radical (unpaired) electrons. The normalized spacial score (nSPS) is 23.1. The third-order valence-electron chi connectivity index (χ3n) is 3.16. The fourth-order valence-corrected chi connectivity index (χ4v) is 2.41. The Kier molecular flexibility index (Phi) is 3.67. The molecule has 2 heterocycles. The summed E-state index contributed by atoms with van der Waals surface area (Å²) >= 11 is 2.94. The Morgan fingerprint density at radius 3 is 2.70 bits per heavy atom. The van der Waals surface area contributed by atoms with E-state index in [0.717, 1.165) is 6.07 Å². The molecule has 0 aliphatic carbocycles. The van der Waals surface area contributed by atoms with Gasteiger partial charge in [0.05, 0.1) is 5.56 Å². The second kappa shape index (κ2) is 4.88. The van der Waals surface area contributed by atoms with Gasteiger partial charge >= 0.3 is 12.1 Å². The van der Waals surface area contributed by atoms with Crippen molar-refractivity contribution in [1.29, 1.82) is 0 Å². The maximum absolute atomic E-state index is 13.0. The largest absolute Gasteiger partial charge is 0.480 e. The van der Waals surface area contributed by atoms with Gasteiger partial charge in [-0.3, -0.25) is 4.79 Å². The number of carboxylic acids is 1. The molecule has 1 atom stereocenters. The molecule has 0 amide bonds. The smallest absolute Gasteiger partial charge is 0.419 e. The zero-order valence-corrected chi connectivity index (χ0v) is 11.7. The first-order chi connectivity index (χ1) is 9.13. The average molecular weight is 354 g/mol. The van der Waals surface area contributed by atoms with E-state index in [1.54, 1.807) is 0 Å². The van der Waals surface area contributed by atoms with Gasteiger partial charge in [0.15, 0.2) is 0 Å². The quantitative estimate of drug-likeness (QED) is 0.848. The second-order valence-electron chi connectivity index (χ2n) is 4.66. The van der Waals surface area contributed by atoms with E-state index in [1.165, 1.54) is 11.1 Å². The first kappa shape index (κ1) is 15.0. The number of rotatable bonds is 2. The second-order valence-corrected chi connectivity index (χ2v) is 5.57. The Bertz CT molecular complexity index is 552. The highest BCUT2D eigenvalue weighted by Crippen LogP contribution is 2.38. The third kappa shape index (κ3) is 2.73. The lowest BCUT2D eigenvalue weighted by molar-refractivity contribution is -0.142. The molecule has 9 heteroatoms. The predicted molar refractivity (Wildman–Crippen MR) is 68.3 cm³/mol. The number of aromatic nitrogens is 1. The van der Waals surface area contributed by atoms with Crippen LogP contribution in [0.25, 0.3) is 0 Å². The van der Waals surface area contributed by atoms with Crippen LogP contribution in [0.3, 0.4) is 0 Å². The van der Waals surface area contributed by atoms with Crippen LogP contribution in [0, 0.1) is 0 Å². The molecule has 1 saturated heterocycles. The molecule has 2 rings (SSSR count). The minimum Gasteiger partial charge on any atom is -0.480 e. The lowest BCUT2D eigenvalue weighted by atomic mass is 10.0. The summed E-state index contributed by atoms with van der Waals surface area (Å²) in [5, 5.41) is 9.01. The van der Waals surface area contributed by atoms with Crippen molar-refractivity contribution in [3.63, 3.8) is 0 Å². The van der Waals surface area contributed by atoms with Crippen LogP contribution in [0.15, 0.2) is 16.7 Å². The molecule has 110 valence electrons. The molecule has 20 heavy (non-hydrogen) atoms. The summed E-state index contributed by atoms with van der Waals surface area (Å²) in [5.41, 5.74) is 3.20. The molecule has 1 aromatic rings. The van der Waals surface area contributed by atoms with Crippen molar-refractivity contribution in [3.05, 3.63) is 22.3 Å². The van der Waals surface area contributed by atoms with Crippen LogP contribution in [-0.4, -0.2) is 34.7 Å². The number of hydrogen-bond donors (Lipinski definition) is 2. The van der Waals surface area contributed by atoms with Crippen LogP contribution in [0.5, 0.6) is 0 Å². The highest BCUT2D eigenvalue weighted by molar-refractivity contribution is 9.10. The number of carboxylic acid groups (broad SMARTS) is 1. The summed E-state index contributed by atoms with van der Waals surface area (Å²) in [6, 6.07) is 0.916. The molecule has 1 fully saturated rings. The fraction of sp³-hybridized carbons (Fsp3) is 0.455. The summed E-state index contributed by atoms with van der Waals surface area (Å²) < 4.78 is 39.2. The number of halogens is 4. The molecule has 1 aromatic heterocycles. The third-order valence-corrected chi connectivity index (χ3v) is 3.60. The maximum Gasteiger partial charge on any atom is 0.419 e. The predicted octanol–water partition coefficient (Wildman–Crippen LogP) is 1.86. The van der Waals surface area contributed by atoms with E-state index in [4.69, 9.17) is 10.8 Å². The van der Waals surface area contributed by atoms with Crippen molar-refractivity contribution in [2.24, 2.45) is 5.73 Å². The summed E-state index contributed by atoms with van der Waals surface area (Å²) in [4.78, 5) is 16.0. The number of nitrogens with two attached hydrogens (primary N) is 1. The van der Waals surface area contributed by atoms with Gasteiger partial charge in [-0.15, -0.1) is 0 Å². The summed E-state index contributed by atoms with van der Waals surface area (Å²) in [7, 11) is 0. The van der Waals surface area contributed by atoms with Gasteiger partial charge in [-0.1, -0.05) is 0 Å². The number of aliphatic carboxylic acids is 1. The van der Waals surface area contributed by atoms with Crippen molar-refractivity contribution in [2.75, 3.05) is 18.0 Å². The molecule has 1 aliphatic rings. The highest BCUT2D eigenvalue weighted by atomic mass is 79.9. The topological polar surface area (TPSA) is 79.5 Å². The van der Waals surface area contributed by atoms with Gasteiger partial charge in [-0.2, -0.15) is 13.2 Å². The van der Waals surface area contributed by atoms with Gasteiger partial charge in [0, 0.05) is 23.8 Å². The Balaban J connectivity index is 2.38. The van der Waals surface area contributed by atoms with Crippen LogP contribution < -0.4 is 10.6 Å². The molecule has 5 nitrogen and oxygen atoms in total. The van der Waals surface area contributed by atoms with Crippen molar-refractivity contribution >= 4 is 27.7 Å². The van der Waals surface area contributed by atoms with E-state index in [2.05, 4.69) is 20.9 Å². The molecule has 0 saturated carbocycles. The van der Waals surface area contributed by atoms with E-state index in [9.17, 15) is 18.0 Å². The van der Waals surface area contributed by atoms with Gasteiger partial charge in [-0.05, 0) is 28.4 Å². The summed E-state index contributed by atoms with van der Waals surface area (Å²) in [6.07, 6.45) is -3.27. The lowest BCUT2D eigenvalue weighted by Crippen LogP contribution is -2.50. The van der Waals surface area contributed by atoms with Crippen molar-refractivity contribution < 1.29 is 23.1 Å². The van der Waals surface area contributed by atoms with Crippen LogP contribution in [-0.2, 0) is 11.0 Å². The van der Waals surface area contributed by atoms with Crippen LogP contribution in [0.2, 0.25) is 0 Å². The van der Waals surface area contributed by atoms with Gasteiger partial charge < -0.3 is 15.7 Å². The van der Waals surface area contributed by atoms with Gasteiger partial charge in [0.25, 0.3) is 0 Å². The molecule has 3 N–H and O–H groups in total. The number of carbonyl (C=O) groups is 1. The van der Waals surface area contributed by atoms with Gasteiger partial charge in [-0.25, -0.2) is 4.98 Å². The maximum atomic E-state index is 13.0. The van der Waals surface area contributed by atoms with Crippen LogP contribution >= 0.6 is 15.9 Å². The number of alkyl halides is 3. The Morgan fingerprint density at radius 2 is 2.20 bits per heavy atom. The molecule has 0 spiro atoms. The highest BCUT2D eigenvalue weighted by Gasteiger charge is 2.44. The Hall–Kier alpha value is -1.35. The van der Waals surface area contributed by atoms with Gasteiger partial charge in [0.1, 0.15) is 11.4 Å². The van der Waals surface area contributed by atoms with Crippen LogP contribution in [0.4, 0.5) is 19.0 Å². The molecular weight excluding hydrogens is 343 g/mol. The first-order valence-electron chi connectivity index (χ1n) is 5.63. The number of hydrogen-bond acceptors (Lipinski definition) is 4. The molecule has 0 bridgehead atoms. The van der Waals surface area contributed by atoms with E-state index in [1.807, 2.05) is 0 Å². The molecule has 1 aliphatic heterocycles. The zero-order chi connectivity index (χ0) is 15.1. The number of nitrogens with zero attached hydrogens (tertiary/aromatic N) is 2. The number of anilines is 1. The number of pyridine rings is 1. The van der Waals surface area contributed by atoms with E-state index in [-0.39, 0.29) is 29.8 Å². The van der Waals surface area contributed by atoms with Crippen molar-refractivity contribution in [2.45, 2.75) is 18.1 Å². The van der Waals surface area contributed by atoms with E-state index >= 15 is 0 Å². The monoisotopic (exact) mass is 353 g/mol. The van der Waals surface area contributed by atoms with Gasteiger partial charge in [0.2, 0.25) is 0 Å². The van der Waals surface area contributed by atoms with E-state index in [0.29, 0.717) is 0 Å². The van der Waals surface area contributed by atoms with Crippen molar-refractivity contribution in [1.82, 2.24) is 4.98 Å². The minimum absolute atomic E-state index is 0.0668. The van der Waals surface area contributed by atoms with Crippen molar-refractivity contribution in [3.8, 4) is 0 Å². The Labute approximate surface area is 120 Å². The first-order valence-corrected chi connectivity index (χ1v) is 6.43. The molecule has 1 unspecified atom stereocenters. The Morgan fingerprint density at radius 1 is 1.55 bits per heavy atom. The standard InChI is InChI=1S/C11H11BrF3N3O2/c12-6-3-7(11(13,14)15)8(17-4-6)18-2-1-10(16,5-18)9(19)20/h3-4H,1-2,5,16H2,(H,19,20). The molecular formula is C11H11BrF3N3O2. The summed E-state index contributed by atoms with van der Waals surface area (Å²) in [5.74, 6) is -1.53. The average Bonchev–Trinajstić information content (AvgIpc) is 2.72. The van der Waals surface area contributed by atoms with E-state index < -0.39 is 23.2 Å². The lowest BCUT2D eigenvalue weighted by Gasteiger charge is -2.23. The fourth-order valence-electron chi connectivity index (χ4n) is 2.08. The van der Waals surface area contributed by atoms with Crippen LogP contribution in [0.1, 0.15) is 12.0 Å².